The molecule has 6 nitrogen and oxygen atoms in total. The van der Waals surface area contributed by atoms with E-state index < -0.39 is 0 Å². The number of amides is 1. The van der Waals surface area contributed by atoms with Gasteiger partial charge in [-0.25, -0.2) is 0 Å². The van der Waals surface area contributed by atoms with Crippen molar-refractivity contribution in [3.63, 3.8) is 0 Å². The van der Waals surface area contributed by atoms with Gasteiger partial charge >= 0.3 is 0 Å². The zero-order valence-electron chi connectivity index (χ0n) is 20.3. The molecule has 2 aromatic carbocycles. The molecule has 1 saturated heterocycles. The highest BCUT2D eigenvalue weighted by Gasteiger charge is 2.21. The minimum atomic E-state index is -0.0213. The Bertz CT molecular complexity index is 909. The lowest BCUT2D eigenvalue weighted by atomic mass is 9.87. The first-order valence-electron chi connectivity index (χ1n) is 12.8. The minimum Gasteiger partial charge on any atom is -0.491 e. The lowest BCUT2D eigenvalue weighted by Crippen LogP contribution is -2.38. The molecule has 4 rings (SSSR count). The summed E-state index contributed by atoms with van der Waals surface area (Å²) in [6.07, 6.45) is 6.22. The third-order valence-corrected chi connectivity index (χ3v) is 6.59. The number of rotatable bonds is 12. The summed E-state index contributed by atoms with van der Waals surface area (Å²) in [6.45, 7) is 6.86. The van der Waals surface area contributed by atoms with Crippen molar-refractivity contribution in [3.8, 4) is 5.75 Å². The molecule has 1 aliphatic heterocycles. The maximum absolute atomic E-state index is 12.8. The molecule has 2 aliphatic rings. The fourth-order valence-corrected chi connectivity index (χ4v) is 4.65. The summed E-state index contributed by atoms with van der Waals surface area (Å²) in [5.74, 6) is 0.755. The molecular weight excluding hydrogens is 428 g/mol. The van der Waals surface area contributed by atoms with Crippen molar-refractivity contribution in [1.29, 1.82) is 0 Å². The Hall–Kier alpha value is -2.41. The van der Waals surface area contributed by atoms with E-state index in [1.165, 1.54) is 16.7 Å². The van der Waals surface area contributed by atoms with Gasteiger partial charge < -0.3 is 24.8 Å². The van der Waals surface area contributed by atoms with Gasteiger partial charge in [0.15, 0.2) is 0 Å². The molecule has 1 amide bonds. The lowest BCUT2D eigenvalue weighted by Gasteiger charge is -2.26. The Labute approximate surface area is 203 Å². The smallest absolute Gasteiger partial charge is 0.251 e. The second kappa shape index (κ2) is 12.9. The molecule has 184 valence electrons. The molecule has 34 heavy (non-hydrogen) atoms. The van der Waals surface area contributed by atoms with Crippen molar-refractivity contribution >= 4 is 5.91 Å². The summed E-state index contributed by atoms with van der Waals surface area (Å²) in [7, 11) is 0. The van der Waals surface area contributed by atoms with Gasteiger partial charge in [0, 0.05) is 38.0 Å². The van der Waals surface area contributed by atoms with Crippen LogP contribution in [0.2, 0.25) is 0 Å². The van der Waals surface area contributed by atoms with Gasteiger partial charge in [0.2, 0.25) is 0 Å². The lowest BCUT2D eigenvalue weighted by molar-refractivity contribution is 0.0679. The van der Waals surface area contributed by atoms with Crippen LogP contribution >= 0.6 is 0 Å². The van der Waals surface area contributed by atoms with Gasteiger partial charge in [-0.2, -0.15) is 0 Å². The average molecular weight is 467 g/mol. The van der Waals surface area contributed by atoms with Gasteiger partial charge in [0.05, 0.1) is 6.10 Å². The first-order valence-corrected chi connectivity index (χ1v) is 12.8. The summed E-state index contributed by atoms with van der Waals surface area (Å²) < 4.78 is 16.8. The van der Waals surface area contributed by atoms with Gasteiger partial charge in [-0.3, -0.25) is 4.79 Å². The van der Waals surface area contributed by atoms with Gasteiger partial charge in [-0.15, -0.1) is 0 Å². The Balaban J connectivity index is 1.21. The zero-order chi connectivity index (χ0) is 23.6. The molecule has 0 aromatic heterocycles. The van der Waals surface area contributed by atoms with Crippen LogP contribution in [-0.4, -0.2) is 51.0 Å². The van der Waals surface area contributed by atoms with Crippen LogP contribution in [0.3, 0.4) is 0 Å². The minimum absolute atomic E-state index is 0.0213. The Morgan fingerprint density at radius 3 is 2.79 bits per heavy atom. The molecule has 0 saturated carbocycles. The van der Waals surface area contributed by atoms with Crippen LogP contribution < -0.4 is 15.4 Å². The highest BCUT2D eigenvalue weighted by molar-refractivity contribution is 5.94. The van der Waals surface area contributed by atoms with Crippen LogP contribution in [0.15, 0.2) is 42.5 Å². The van der Waals surface area contributed by atoms with E-state index in [9.17, 15) is 4.79 Å². The predicted molar refractivity (Wildman–Crippen MR) is 133 cm³/mol. The zero-order valence-corrected chi connectivity index (χ0v) is 20.3. The molecule has 2 aromatic rings. The van der Waals surface area contributed by atoms with Crippen LogP contribution in [0.1, 0.15) is 59.7 Å². The van der Waals surface area contributed by atoms with Gasteiger partial charge in [0.1, 0.15) is 12.4 Å². The molecule has 6 heteroatoms. The SMILES string of the molecule is CCOCCCNCc1ccc2c(c1)CC[C@H](NC(=O)c1ccc(OC[C@@H]3CCCO3)cc1)C2. The second-order valence-corrected chi connectivity index (χ2v) is 9.21. The van der Waals surface area contributed by atoms with E-state index in [0.717, 1.165) is 77.2 Å². The van der Waals surface area contributed by atoms with Crippen molar-refractivity contribution in [2.24, 2.45) is 0 Å². The quantitative estimate of drug-likeness (QED) is 0.462. The molecule has 0 spiro atoms. The number of ether oxygens (including phenoxy) is 3. The monoisotopic (exact) mass is 466 g/mol. The number of carbonyl (C=O) groups is 1. The van der Waals surface area contributed by atoms with E-state index >= 15 is 0 Å². The molecule has 0 unspecified atom stereocenters. The van der Waals surface area contributed by atoms with Crippen molar-refractivity contribution in [3.05, 3.63) is 64.7 Å². The fourth-order valence-electron chi connectivity index (χ4n) is 4.65. The Morgan fingerprint density at radius 2 is 2.00 bits per heavy atom. The average Bonchev–Trinajstić information content (AvgIpc) is 3.39. The molecule has 1 fully saturated rings. The Kier molecular flexibility index (Phi) is 9.36. The van der Waals surface area contributed by atoms with Crippen LogP contribution in [0, 0.1) is 0 Å². The summed E-state index contributed by atoms with van der Waals surface area (Å²) in [6, 6.07) is 14.3. The molecule has 0 radical (unpaired) electrons. The highest BCUT2D eigenvalue weighted by atomic mass is 16.5. The van der Waals surface area contributed by atoms with Crippen molar-refractivity contribution in [2.45, 2.75) is 64.1 Å². The second-order valence-electron chi connectivity index (χ2n) is 9.21. The summed E-state index contributed by atoms with van der Waals surface area (Å²) in [5.41, 5.74) is 4.74. The molecule has 2 atom stereocenters. The third-order valence-electron chi connectivity index (χ3n) is 6.59. The van der Waals surface area contributed by atoms with Crippen molar-refractivity contribution in [2.75, 3.05) is 33.0 Å². The number of fused-ring (bicyclic) bond motifs is 1. The number of aryl methyl sites for hydroxylation is 1. The van der Waals surface area contributed by atoms with E-state index in [-0.39, 0.29) is 18.1 Å². The maximum atomic E-state index is 12.8. The fraction of sp³-hybridized carbons (Fsp3) is 0.536. The highest BCUT2D eigenvalue weighted by Crippen LogP contribution is 2.23. The van der Waals surface area contributed by atoms with Crippen molar-refractivity contribution < 1.29 is 19.0 Å². The van der Waals surface area contributed by atoms with Crippen LogP contribution in [0.25, 0.3) is 0 Å². The maximum Gasteiger partial charge on any atom is 0.251 e. The van der Waals surface area contributed by atoms with Crippen molar-refractivity contribution in [1.82, 2.24) is 10.6 Å². The first-order chi connectivity index (χ1) is 16.7. The number of benzene rings is 2. The predicted octanol–water partition coefficient (Wildman–Crippen LogP) is 4.05. The van der Waals surface area contributed by atoms with Gasteiger partial charge in [-0.1, -0.05) is 18.2 Å². The topological polar surface area (TPSA) is 68.8 Å². The Morgan fingerprint density at radius 1 is 1.12 bits per heavy atom. The van der Waals surface area contributed by atoms with Crippen LogP contribution in [-0.2, 0) is 28.9 Å². The van der Waals surface area contributed by atoms with Crippen LogP contribution in [0.4, 0.5) is 0 Å². The van der Waals surface area contributed by atoms with E-state index in [2.05, 4.69) is 28.8 Å². The number of hydrogen-bond donors (Lipinski definition) is 2. The molecule has 2 N–H and O–H groups in total. The molecule has 0 bridgehead atoms. The molecule has 1 heterocycles. The van der Waals surface area contributed by atoms with Gasteiger partial charge in [-0.05, 0) is 92.9 Å². The van der Waals surface area contributed by atoms with E-state index in [1.807, 2.05) is 31.2 Å². The first kappa shape index (κ1) is 24.7. The summed E-state index contributed by atoms with van der Waals surface area (Å²) >= 11 is 0. The van der Waals surface area contributed by atoms with E-state index in [0.29, 0.717) is 12.2 Å². The van der Waals surface area contributed by atoms with Gasteiger partial charge in [0.25, 0.3) is 5.91 Å². The number of nitrogens with one attached hydrogen (secondary N) is 2. The van der Waals surface area contributed by atoms with E-state index in [1.54, 1.807) is 0 Å². The standard InChI is InChI=1S/C28H38N2O4/c1-2-32-15-4-14-29-19-21-6-7-24-18-25(11-8-23(24)17-21)30-28(31)22-9-12-26(13-10-22)34-20-27-5-3-16-33-27/h6-7,9-10,12-13,17,25,27,29H,2-5,8,11,14-16,18-20H2,1H3,(H,30,31)/t25-,27-/m0/s1. The van der Waals surface area contributed by atoms with Crippen LogP contribution in [0.5, 0.6) is 5.75 Å². The number of carbonyl (C=O) groups excluding carboxylic acids is 1. The third kappa shape index (κ3) is 7.29. The summed E-state index contributed by atoms with van der Waals surface area (Å²) in [4.78, 5) is 12.8. The molecule has 1 aliphatic carbocycles. The van der Waals surface area contributed by atoms with E-state index in [4.69, 9.17) is 14.2 Å². The number of hydrogen-bond acceptors (Lipinski definition) is 5. The molecular formula is C28H38N2O4. The summed E-state index contributed by atoms with van der Waals surface area (Å²) in [5, 5.41) is 6.72. The largest absolute Gasteiger partial charge is 0.491 e. The normalized spacial score (nSPS) is 19.6.